The minimum atomic E-state index is -0.787. The molecule has 1 saturated heterocycles. The molecule has 3 aliphatic rings. The number of aromatic hydroxyl groups is 1. The molecule has 1 saturated carbocycles. The zero-order valence-electron chi connectivity index (χ0n) is 24.4. The van der Waals surface area contributed by atoms with Crippen LogP contribution < -0.4 is 0 Å². The number of hydrogen-bond donors (Lipinski definition) is 3. The van der Waals surface area contributed by atoms with E-state index in [1.165, 1.54) is 5.57 Å². The largest absolute Gasteiger partial charge is 0.507 e. The number of hydrogen-bond acceptors (Lipinski definition) is 5. The van der Waals surface area contributed by atoms with Crippen molar-refractivity contribution in [3.63, 3.8) is 0 Å². The molecular formula is C33H47NO5. The number of nitrogens with zero attached hydrogens (tertiary/aromatic N) is 1. The zero-order chi connectivity index (χ0) is 28.4. The van der Waals surface area contributed by atoms with E-state index in [1.807, 2.05) is 26.0 Å². The van der Waals surface area contributed by atoms with Crippen LogP contribution in [-0.4, -0.2) is 50.8 Å². The number of fused-ring (bicyclic) bond motifs is 1. The molecule has 0 spiro atoms. The van der Waals surface area contributed by atoms with Gasteiger partial charge in [-0.2, -0.15) is 0 Å². The number of phenolic OH excluding ortho intramolecular Hbond substituents is 1. The number of carbonyl (C=O) groups excluding carboxylic acids is 2. The Hall–Kier alpha value is -2.44. The minimum absolute atomic E-state index is 0.0241. The molecule has 6 heteroatoms. The molecule has 2 amide bonds. The predicted molar refractivity (Wildman–Crippen MR) is 154 cm³/mol. The second kappa shape index (κ2) is 12.4. The van der Waals surface area contributed by atoms with Crippen LogP contribution >= 0.6 is 0 Å². The van der Waals surface area contributed by atoms with Crippen LogP contribution in [0.15, 0.2) is 28.9 Å². The first-order valence-corrected chi connectivity index (χ1v) is 15.0. The zero-order valence-corrected chi connectivity index (χ0v) is 24.4. The maximum Gasteiger partial charge on any atom is 0.234 e. The van der Waals surface area contributed by atoms with Crippen molar-refractivity contribution >= 4 is 17.9 Å². The number of aliphatic hydroxyl groups excluding tert-OH is 2. The van der Waals surface area contributed by atoms with E-state index in [0.717, 1.165) is 66.4 Å². The number of allylic oxidation sites excluding steroid dienone is 2. The van der Waals surface area contributed by atoms with Gasteiger partial charge in [0, 0.05) is 12.0 Å². The SMILES string of the molecule is CC/C(=C\c1cc(C)c(O)c(C)c1)CC[C@@H](O)C1=C(C(C)C)C[C@H]2C(=O)N(C3CCCCC3)C(=O)[C@H]2[C@H]1CO. The lowest BCUT2D eigenvalue weighted by atomic mass is 9.66. The van der Waals surface area contributed by atoms with Crippen LogP contribution in [0.1, 0.15) is 95.2 Å². The maximum atomic E-state index is 13.7. The second-order valence-corrected chi connectivity index (χ2v) is 12.3. The Bertz CT molecular complexity index is 1120. The van der Waals surface area contributed by atoms with Crippen molar-refractivity contribution < 1.29 is 24.9 Å². The monoisotopic (exact) mass is 537 g/mol. The second-order valence-electron chi connectivity index (χ2n) is 12.3. The third-order valence-corrected chi connectivity index (χ3v) is 9.42. The summed E-state index contributed by atoms with van der Waals surface area (Å²) in [6.45, 7) is 9.79. The first-order valence-electron chi connectivity index (χ1n) is 15.0. The Morgan fingerprint density at radius 1 is 1.08 bits per heavy atom. The van der Waals surface area contributed by atoms with Gasteiger partial charge >= 0.3 is 0 Å². The van der Waals surface area contributed by atoms with Gasteiger partial charge in [-0.05, 0) is 92.7 Å². The average molecular weight is 538 g/mol. The van der Waals surface area contributed by atoms with E-state index < -0.39 is 23.9 Å². The Labute approximate surface area is 233 Å². The summed E-state index contributed by atoms with van der Waals surface area (Å²) in [7, 11) is 0. The Morgan fingerprint density at radius 2 is 1.72 bits per heavy atom. The molecule has 0 aromatic heterocycles. The molecule has 0 bridgehead atoms. The third kappa shape index (κ3) is 5.88. The summed E-state index contributed by atoms with van der Waals surface area (Å²) in [6, 6.07) is 3.92. The summed E-state index contributed by atoms with van der Waals surface area (Å²) < 4.78 is 0. The quantitative estimate of drug-likeness (QED) is 0.271. The summed E-state index contributed by atoms with van der Waals surface area (Å²) in [5.74, 6) is -1.33. The van der Waals surface area contributed by atoms with E-state index in [-0.39, 0.29) is 30.4 Å². The van der Waals surface area contributed by atoms with Gasteiger partial charge in [-0.15, -0.1) is 0 Å². The lowest BCUT2D eigenvalue weighted by Gasteiger charge is -2.38. The Kier molecular flexibility index (Phi) is 9.38. The molecule has 6 nitrogen and oxygen atoms in total. The van der Waals surface area contributed by atoms with Gasteiger partial charge in [-0.3, -0.25) is 14.5 Å². The number of imide groups is 1. The smallest absolute Gasteiger partial charge is 0.234 e. The fourth-order valence-electron chi connectivity index (χ4n) is 7.30. The first kappa shape index (κ1) is 29.5. The van der Waals surface area contributed by atoms with E-state index in [0.29, 0.717) is 25.0 Å². The van der Waals surface area contributed by atoms with Gasteiger partial charge in [-0.1, -0.05) is 57.3 Å². The highest BCUT2D eigenvalue weighted by Crippen LogP contribution is 2.49. The molecule has 0 unspecified atom stereocenters. The Morgan fingerprint density at radius 3 is 2.28 bits per heavy atom. The lowest BCUT2D eigenvalue weighted by Crippen LogP contribution is -2.42. The summed E-state index contributed by atoms with van der Waals surface area (Å²) in [4.78, 5) is 28.8. The van der Waals surface area contributed by atoms with Gasteiger partial charge in [0.25, 0.3) is 0 Å². The normalized spacial score (nSPS) is 25.6. The van der Waals surface area contributed by atoms with Crippen LogP contribution in [0.4, 0.5) is 0 Å². The minimum Gasteiger partial charge on any atom is -0.507 e. The standard InChI is InChI=1S/C33H47NO5/c1-6-22(16-23-14-20(4)31(37)21(5)15-23)12-13-28(36)29-25(19(2)3)17-26-30(27(29)18-35)33(39)34(32(26)38)24-10-8-7-9-11-24/h14-16,19,24,26-28,30,35-37H,6-13,17-18H2,1-5H3/b22-16+/t26-,27+,28-,30-/m1/s1. The van der Waals surface area contributed by atoms with Crippen LogP contribution in [0.25, 0.3) is 6.08 Å². The molecule has 2 aliphatic carbocycles. The number of phenols is 1. The number of rotatable bonds is 9. The van der Waals surface area contributed by atoms with Gasteiger partial charge in [0.1, 0.15) is 5.75 Å². The van der Waals surface area contributed by atoms with E-state index in [4.69, 9.17) is 0 Å². The van der Waals surface area contributed by atoms with Crippen LogP contribution in [0.5, 0.6) is 5.75 Å². The first-order chi connectivity index (χ1) is 18.6. The summed E-state index contributed by atoms with van der Waals surface area (Å²) >= 11 is 0. The van der Waals surface area contributed by atoms with Crippen molar-refractivity contribution in [3.8, 4) is 5.75 Å². The summed E-state index contributed by atoms with van der Waals surface area (Å²) in [6.07, 6.45) is 8.79. The van der Waals surface area contributed by atoms with Gasteiger partial charge in [0.15, 0.2) is 0 Å². The molecule has 2 fully saturated rings. The molecule has 214 valence electrons. The molecule has 4 rings (SSSR count). The molecule has 1 aliphatic heterocycles. The van der Waals surface area contributed by atoms with Crippen molar-refractivity contribution in [2.24, 2.45) is 23.7 Å². The van der Waals surface area contributed by atoms with Crippen molar-refractivity contribution in [2.45, 2.75) is 105 Å². The van der Waals surface area contributed by atoms with Gasteiger partial charge in [0.2, 0.25) is 11.8 Å². The highest BCUT2D eigenvalue weighted by molar-refractivity contribution is 6.06. The summed E-state index contributed by atoms with van der Waals surface area (Å²) in [5.41, 5.74) is 5.71. The number of aryl methyl sites for hydroxylation is 2. The number of carbonyl (C=O) groups is 2. The van der Waals surface area contributed by atoms with Gasteiger partial charge in [0.05, 0.1) is 24.5 Å². The lowest BCUT2D eigenvalue weighted by molar-refractivity contribution is -0.143. The summed E-state index contributed by atoms with van der Waals surface area (Å²) in [5, 5.41) is 32.3. The van der Waals surface area contributed by atoms with Crippen molar-refractivity contribution in [2.75, 3.05) is 6.61 Å². The molecule has 4 atom stereocenters. The van der Waals surface area contributed by atoms with Crippen molar-refractivity contribution in [1.82, 2.24) is 4.90 Å². The Balaban J connectivity index is 1.58. The van der Waals surface area contributed by atoms with Crippen LogP contribution in [-0.2, 0) is 9.59 Å². The highest BCUT2D eigenvalue weighted by atomic mass is 16.3. The van der Waals surface area contributed by atoms with Crippen LogP contribution in [0.2, 0.25) is 0 Å². The third-order valence-electron chi connectivity index (χ3n) is 9.42. The van der Waals surface area contributed by atoms with E-state index >= 15 is 0 Å². The topological polar surface area (TPSA) is 98.1 Å². The van der Waals surface area contributed by atoms with Crippen LogP contribution in [0.3, 0.4) is 0 Å². The maximum absolute atomic E-state index is 13.7. The molecule has 39 heavy (non-hydrogen) atoms. The fourth-order valence-corrected chi connectivity index (χ4v) is 7.30. The molecule has 0 radical (unpaired) electrons. The number of benzene rings is 1. The van der Waals surface area contributed by atoms with E-state index in [2.05, 4.69) is 26.8 Å². The van der Waals surface area contributed by atoms with E-state index in [9.17, 15) is 24.9 Å². The fraction of sp³-hybridized carbons (Fsp3) is 0.636. The van der Waals surface area contributed by atoms with Crippen LogP contribution in [0, 0.1) is 37.5 Å². The van der Waals surface area contributed by atoms with Gasteiger partial charge in [-0.25, -0.2) is 0 Å². The highest BCUT2D eigenvalue weighted by Gasteiger charge is 2.56. The molecule has 1 aromatic rings. The number of likely N-dealkylation sites (tertiary alicyclic amines) is 1. The average Bonchev–Trinajstić information content (AvgIpc) is 3.17. The molecule has 1 aromatic carbocycles. The number of aliphatic hydroxyl groups is 2. The molecule has 3 N–H and O–H groups in total. The van der Waals surface area contributed by atoms with Gasteiger partial charge < -0.3 is 15.3 Å². The molecule has 1 heterocycles. The number of amides is 2. The van der Waals surface area contributed by atoms with Crippen molar-refractivity contribution in [3.05, 3.63) is 45.5 Å². The van der Waals surface area contributed by atoms with Crippen molar-refractivity contribution in [1.29, 1.82) is 0 Å². The molecular weight excluding hydrogens is 490 g/mol. The predicted octanol–water partition coefficient (Wildman–Crippen LogP) is 5.84. The van der Waals surface area contributed by atoms with E-state index in [1.54, 1.807) is 4.90 Å².